The molecule has 0 bridgehead atoms. The van der Waals surface area contributed by atoms with E-state index in [2.05, 4.69) is 16.1 Å². The van der Waals surface area contributed by atoms with Gasteiger partial charge >= 0.3 is 24.1 Å². The van der Waals surface area contributed by atoms with E-state index in [0.29, 0.717) is 24.8 Å². The van der Waals surface area contributed by atoms with E-state index in [0.717, 1.165) is 12.1 Å². The zero-order valence-corrected chi connectivity index (χ0v) is 18.7. The Balaban J connectivity index is 1.88. The average molecular weight is 518 g/mol. The maximum Gasteiger partial charge on any atom is 0.416 e. The summed E-state index contributed by atoms with van der Waals surface area (Å²) in [5.74, 6) is -2.83. The van der Waals surface area contributed by atoms with Crippen molar-refractivity contribution in [3.8, 4) is 0 Å². The Labute approximate surface area is 196 Å². The molecule has 2 rings (SSSR count). The van der Waals surface area contributed by atoms with Gasteiger partial charge in [-0.25, -0.2) is 9.59 Å². The lowest BCUT2D eigenvalue weighted by atomic mass is 9.74. The molecule has 1 saturated carbocycles. The molecule has 0 N–H and O–H groups in total. The number of rotatable bonds is 8. The van der Waals surface area contributed by atoms with Crippen LogP contribution in [0.5, 0.6) is 0 Å². The summed E-state index contributed by atoms with van der Waals surface area (Å²) < 4.78 is 51.2. The molecule has 1 aromatic carbocycles. The van der Waals surface area contributed by atoms with Gasteiger partial charge in [-0.05, 0) is 37.0 Å². The van der Waals surface area contributed by atoms with Gasteiger partial charge in [0.2, 0.25) is 3.79 Å². The lowest BCUT2D eigenvalue weighted by Gasteiger charge is -2.41. The van der Waals surface area contributed by atoms with E-state index in [4.69, 9.17) is 39.5 Å². The second-order valence-corrected chi connectivity index (χ2v) is 9.55. The van der Waals surface area contributed by atoms with Crippen molar-refractivity contribution in [2.24, 2.45) is 0 Å². The van der Waals surface area contributed by atoms with Gasteiger partial charge < -0.3 is 14.2 Å². The molecule has 32 heavy (non-hydrogen) atoms. The molecule has 1 aliphatic rings. The molecule has 0 aliphatic heterocycles. The topological polar surface area (TPSA) is 78.9 Å². The second-order valence-electron chi connectivity index (χ2n) is 7.03. The number of carbonyl (C=O) groups excluding carboxylic acids is 3. The Morgan fingerprint density at radius 3 is 2.06 bits per heavy atom. The second kappa shape index (κ2) is 10.3. The van der Waals surface area contributed by atoms with E-state index in [9.17, 15) is 27.6 Å². The van der Waals surface area contributed by atoms with Crippen LogP contribution >= 0.6 is 34.8 Å². The standard InChI is InChI=1S/C20H18Cl3F3O6/c1-12(17(29)30-10-16(28)31-11-19(21,22)23)9-15(27)32-18(7-2-8-18)13-3-5-14(6-4-13)20(24,25)26/h3-6H,1-2,7-11H2. The van der Waals surface area contributed by atoms with Gasteiger partial charge in [0, 0.05) is 5.57 Å². The van der Waals surface area contributed by atoms with Crippen LogP contribution in [0, 0.1) is 0 Å². The van der Waals surface area contributed by atoms with Crippen LogP contribution in [0.25, 0.3) is 0 Å². The SMILES string of the molecule is C=C(CC(=O)OC1(c2ccc(C(F)(F)F)cc2)CCC1)C(=O)OCC(=O)OCC(Cl)(Cl)Cl. The van der Waals surface area contributed by atoms with Crippen molar-refractivity contribution < 1.29 is 41.8 Å². The molecular formula is C20H18Cl3F3O6. The quantitative estimate of drug-likeness (QED) is 0.208. The predicted octanol–water partition coefficient (Wildman–Crippen LogP) is 5.03. The highest BCUT2D eigenvalue weighted by atomic mass is 35.6. The van der Waals surface area contributed by atoms with E-state index in [1.165, 1.54) is 12.1 Å². The van der Waals surface area contributed by atoms with Gasteiger partial charge in [-0.2, -0.15) is 13.2 Å². The van der Waals surface area contributed by atoms with Gasteiger partial charge in [-0.15, -0.1) is 0 Å². The van der Waals surface area contributed by atoms with Gasteiger partial charge in [-0.3, -0.25) is 4.79 Å². The summed E-state index contributed by atoms with van der Waals surface area (Å²) in [5.41, 5.74) is -1.74. The van der Waals surface area contributed by atoms with E-state index in [1.807, 2.05) is 0 Å². The Kier molecular flexibility index (Phi) is 8.47. The van der Waals surface area contributed by atoms with Gasteiger partial charge in [-0.1, -0.05) is 53.5 Å². The number of alkyl halides is 6. The number of hydrogen-bond acceptors (Lipinski definition) is 6. The first-order chi connectivity index (χ1) is 14.7. The van der Waals surface area contributed by atoms with Crippen molar-refractivity contribution in [3.63, 3.8) is 0 Å². The first-order valence-electron chi connectivity index (χ1n) is 9.19. The fourth-order valence-corrected chi connectivity index (χ4v) is 3.01. The van der Waals surface area contributed by atoms with Crippen LogP contribution in [0.15, 0.2) is 36.4 Å². The van der Waals surface area contributed by atoms with Crippen LogP contribution in [0.1, 0.15) is 36.8 Å². The van der Waals surface area contributed by atoms with Crippen LogP contribution in [0.3, 0.4) is 0 Å². The smallest absolute Gasteiger partial charge is 0.416 e. The third-order valence-corrected chi connectivity index (χ3v) is 4.90. The molecule has 0 aromatic heterocycles. The average Bonchev–Trinajstić information content (AvgIpc) is 2.66. The van der Waals surface area contributed by atoms with Crippen molar-refractivity contribution in [2.75, 3.05) is 13.2 Å². The van der Waals surface area contributed by atoms with Crippen LogP contribution in [0.4, 0.5) is 13.2 Å². The molecule has 0 spiro atoms. The Morgan fingerprint density at radius 2 is 1.59 bits per heavy atom. The first kappa shape index (κ1) is 26.3. The van der Waals surface area contributed by atoms with Gasteiger partial charge in [0.1, 0.15) is 12.2 Å². The van der Waals surface area contributed by atoms with Crippen LogP contribution in [0.2, 0.25) is 0 Å². The Hall–Kier alpha value is -1.97. The minimum atomic E-state index is -4.48. The van der Waals surface area contributed by atoms with E-state index in [1.54, 1.807) is 0 Å². The minimum absolute atomic E-state index is 0.286. The molecule has 0 atom stereocenters. The molecule has 0 saturated heterocycles. The highest BCUT2D eigenvalue weighted by molar-refractivity contribution is 6.67. The highest BCUT2D eigenvalue weighted by Gasteiger charge is 2.43. The zero-order valence-electron chi connectivity index (χ0n) is 16.5. The molecule has 1 fully saturated rings. The normalized spacial score (nSPS) is 15.3. The van der Waals surface area contributed by atoms with Gasteiger partial charge in [0.25, 0.3) is 0 Å². The van der Waals surface area contributed by atoms with Crippen molar-refractivity contribution in [2.45, 2.75) is 41.3 Å². The molecule has 0 radical (unpaired) electrons. The largest absolute Gasteiger partial charge is 0.459 e. The van der Waals surface area contributed by atoms with Gasteiger partial charge in [0.05, 0.1) is 12.0 Å². The fraction of sp³-hybridized carbons (Fsp3) is 0.450. The molecule has 0 amide bonds. The maximum absolute atomic E-state index is 12.8. The van der Waals surface area contributed by atoms with Crippen molar-refractivity contribution >= 4 is 52.7 Å². The first-order valence-corrected chi connectivity index (χ1v) is 10.3. The monoisotopic (exact) mass is 516 g/mol. The molecule has 1 aromatic rings. The zero-order chi connectivity index (χ0) is 24.2. The predicted molar refractivity (Wildman–Crippen MR) is 109 cm³/mol. The molecule has 176 valence electrons. The fourth-order valence-electron chi connectivity index (χ4n) is 2.84. The summed E-state index contributed by atoms with van der Waals surface area (Å²) in [6, 6.07) is 4.37. The van der Waals surface area contributed by atoms with Gasteiger partial charge in [0.15, 0.2) is 6.61 Å². The van der Waals surface area contributed by atoms with E-state index >= 15 is 0 Å². The summed E-state index contributed by atoms with van der Waals surface area (Å²) in [4.78, 5) is 35.7. The van der Waals surface area contributed by atoms with Crippen molar-refractivity contribution in [3.05, 3.63) is 47.5 Å². The summed E-state index contributed by atoms with van der Waals surface area (Å²) in [6.45, 7) is 2.09. The summed E-state index contributed by atoms with van der Waals surface area (Å²) in [7, 11) is 0. The lowest BCUT2D eigenvalue weighted by Crippen LogP contribution is -2.39. The van der Waals surface area contributed by atoms with Crippen LogP contribution < -0.4 is 0 Å². The number of halogens is 6. The molecule has 6 nitrogen and oxygen atoms in total. The highest BCUT2D eigenvalue weighted by Crippen LogP contribution is 2.45. The third kappa shape index (κ3) is 7.56. The number of esters is 3. The maximum atomic E-state index is 12.8. The number of benzene rings is 1. The Bertz CT molecular complexity index is 874. The Morgan fingerprint density at radius 1 is 1.00 bits per heavy atom. The summed E-state index contributed by atoms with van der Waals surface area (Å²) in [6.07, 6.45) is -3.45. The minimum Gasteiger partial charge on any atom is -0.459 e. The molecular weight excluding hydrogens is 500 g/mol. The molecule has 0 heterocycles. The number of carbonyl (C=O) groups is 3. The lowest BCUT2D eigenvalue weighted by molar-refractivity contribution is -0.171. The molecule has 1 aliphatic carbocycles. The third-order valence-electron chi connectivity index (χ3n) is 4.57. The van der Waals surface area contributed by atoms with Crippen molar-refractivity contribution in [1.82, 2.24) is 0 Å². The van der Waals surface area contributed by atoms with E-state index < -0.39 is 58.7 Å². The van der Waals surface area contributed by atoms with Crippen LogP contribution in [-0.2, 0) is 40.4 Å². The van der Waals surface area contributed by atoms with E-state index in [-0.39, 0.29) is 5.57 Å². The molecule has 0 unspecified atom stereocenters. The number of hydrogen-bond donors (Lipinski definition) is 0. The summed E-state index contributed by atoms with van der Waals surface area (Å²) >= 11 is 16.3. The van der Waals surface area contributed by atoms with Crippen molar-refractivity contribution in [1.29, 1.82) is 0 Å². The van der Waals surface area contributed by atoms with Crippen LogP contribution in [-0.4, -0.2) is 34.9 Å². The summed E-state index contributed by atoms with van der Waals surface area (Å²) in [5, 5.41) is 0. The molecule has 12 heteroatoms. The number of ether oxygens (including phenoxy) is 3.